The van der Waals surface area contributed by atoms with Crippen LogP contribution in [0, 0.1) is 20.8 Å². The fourth-order valence-electron chi connectivity index (χ4n) is 4.12. The molecule has 3 aromatic rings. The maximum atomic E-state index is 13.4. The normalized spacial score (nSPS) is 18.0. The van der Waals surface area contributed by atoms with Gasteiger partial charge >= 0.3 is 0 Å². The molecule has 1 amide bonds. The first-order valence-corrected chi connectivity index (χ1v) is 12.1. The number of hydrogen-bond donors (Lipinski definition) is 0. The molecule has 30 heavy (non-hydrogen) atoms. The van der Waals surface area contributed by atoms with Gasteiger partial charge in [-0.15, -0.1) is 0 Å². The van der Waals surface area contributed by atoms with Crippen LogP contribution in [0.15, 0.2) is 47.1 Å². The summed E-state index contributed by atoms with van der Waals surface area (Å²) in [6.07, 6.45) is 2.34. The Kier molecular flexibility index (Phi) is 5.45. The molecule has 0 radical (unpaired) electrons. The average molecular weight is 426 g/mol. The van der Waals surface area contributed by atoms with Crippen molar-refractivity contribution >= 4 is 26.7 Å². The Balaban J connectivity index is 1.62. The summed E-state index contributed by atoms with van der Waals surface area (Å²) in [5, 5.41) is 0.945. The third-order valence-electron chi connectivity index (χ3n) is 6.13. The van der Waals surface area contributed by atoms with E-state index in [2.05, 4.69) is 0 Å². The average Bonchev–Trinajstić information content (AvgIpc) is 3.27. The third kappa shape index (κ3) is 4.15. The molecule has 1 aromatic heterocycles. The highest BCUT2D eigenvalue weighted by molar-refractivity contribution is 7.91. The van der Waals surface area contributed by atoms with E-state index in [0.29, 0.717) is 13.0 Å². The Hall–Kier alpha value is -2.60. The summed E-state index contributed by atoms with van der Waals surface area (Å²) in [4.78, 5) is 15.1. The highest BCUT2D eigenvalue weighted by Gasteiger charge is 2.35. The Morgan fingerprint density at radius 3 is 2.50 bits per heavy atom. The molecule has 0 aliphatic carbocycles. The highest BCUT2D eigenvalue weighted by Crippen LogP contribution is 2.28. The van der Waals surface area contributed by atoms with Crippen LogP contribution in [-0.4, -0.2) is 36.8 Å². The van der Waals surface area contributed by atoms with Gasteiger partial charge in [-0.2, -0.15) is 0 Å². The molecule has 158 valence electrons. The second-order valence-electron chi connectivity index (χ2n) is 8.39. The van der Waals surface area contributed by atoms with E-state index in [4.69, 9.17) is 4.42 Å². The first-order chi connectivity index (χ1) is 14.2. The number of benzene rings is 2. The van der Waals surface area contributed by atoms with E-state index in [1.165, 1.54) is 0 Å². The van der Waals surface area contributed by atoms with Crippen LogP contribution in [0.5, 0.6) is 0 Å². The Morgan fingerprint density at radius 2 is 1.83 bits per heavy atom. The van der Waals surface area contributed by atoms with Crippen molar-refractivity contribution in [3.8, 4) is 0 Å². The maximum Gasteiger partial charge on any atom is 0.227 e. The molecule has 2 aromatic carbocycles. The molecule has 6 heteroatoms. The van der Waals surface area contributed by atoms with Crippen molar-refractivity contribution in [1.82, 2.24) is 4.90 Å². The Bertz CT molecular complexity index is 1190. The Labute approximate surface area is 177 Å². The molecule has 1 saturated heterocycles. The van der Waals surface area contributed by atoms with E-state index in [-0.39, 0.29) is 29.9 Å². The standard InChI is InChI=1S/C24H27NO4S/c1-16-4-7-19(8-5-16)13-25(21-10-11-30(27,28)15-21)23(26)12-20-14-29-24-18(3)17(2)6-9-22(20)24/h4-9,14,21H,10-13,15H2,1-3H3. The molecule has 1 fully saturated rings. The molecule has 1 atom stereocenters. The predicted octanol–water partition coefficient (Wildman–Crippen LogP) is 4.12. The number of nitrogens with zero attached hydrogens (tertiary/aromatic N) is 1. The minimum absolute atomic E-state index is 0.0367. The Morgan fingerprint density at radius 1 is 1.10 bits per heavy atom. The van der Waals surface area contributed by atoms with Gasteiger partial charge in [-0.3, -0.25) is 4.79 Å². The van der Waals surface area contributed by atoms with Crippen LogP contribution in [0.4, 0.5) is 0 Å². The second-order valence-corrected chi connectivity index (χ2v) is 10.6. The van der Waals surface area contributed by atoms with Gasteiger partial charge in [-0.05, 0) is 43.9 Å². The van der Waals surface area contributed by atoms with Gasteiger partial charge in [-0.1, -0.05) is 42.0 Å². The number of hydrogen-bond acceptors (Lipinski definition) is 4. The van der Waals surface area contributed by atoms with E-state index in [1.807, 2.05) is 57.2 Å². The summed E-state index contributed by atoms with van der Waals surface area (Å²) in [5.74, 6) is 0.107. The number of carbonyl (C=O) groups excluding carboxylic acids is 1. The number of sulfone groups is 1. The molecule has 0 bridgehead atoms. The van der Waals surface area contributed by atoms with Crippen LogP contribution in [0.3, 0.4) is 0 Å². The van der Waals surface area contributed by atoms with Crippen molar-refractivity contribution in [2.45, 2.75) is 46.2 Å². The van der Waals surface area contributed by atoms with E-state index in [1.54, 1.807) is 11.2 Å². The number of furan rings is 1. The number of carbonyl (C=O) groups is 1. The molecular weight excluding hydrogens is 398 g/mol. The summed E-state index contributed by atoms with van der Waals surface area (Å²) >= 11 is 0. The zero-order chi connectivity index (χ0) is 21.5. The minimum atomic E-state index is -3.09. The largest absolute Gasteiger partial charge is 0.464 e. The number of fused-ring (bicyclic) bond motifs is 1. The van der Waals surface area contributed by atoms with Gasteiger partial charge in [0.2, 0.25) is 5.91 Å². The summed E-state index contributed by atoms with van der Waals surface area (Å²) in [6, 6.07) is 11.8. The summed E-state index contributed by atoms with van der Waals surface area (Å²) in [5.41, 5.74) is 6.02. The van der Waals surface area contributed by atoms with Gasteiger partial charge in [0.1, 0.15) is 5.58 Å². The lowest BCUT2D eigenvalue weighted by molar-refractivity contribution is -0.133. The topological polar surface area (TPSA) is 67.6 Å². The van der Waals surface area contributed by atoms with Gasteiger partial charge in [-0.25, -0.2) is 8.42 Å². The zero-order valence-electron chi connectivity index (χ0n) is 17.6. The third-order valence-corrected chi connectivity index (χ3v) is 7.88. The first kappa shape index (κ1) is 20.7. The molecule has 1 aliphatic heterocycles. The lowest BCUT2D eigenvalue weighted by Crippen LogP contribution is -2.41. The van der Waals surface area contributed by atoms with Crippen LogP contribution >= 0.6 is 0 Å². The van der Waals surface area contributed by atoms with Crippen molar-refractivity contribution in [1.29, 1.82) is 0 Å². The zero-order valence-corrected chi connectivity index (χ0v) is 18.5. The molecule has 0 spiro atoms. The quantitative estimate of drug-likeness (QED) is 0.617. The van der Waals surface area contributed by atoms with E-state index < -0.39 is 9.84 Å². The molecule has 1 aliphatic rings. The first-order valence-electron chi connectivity index (χ1n) is 10.3. The van der Waals surface area contributed by atoms with Gasteiger partial charge < -0.3 is 9.32 Å². The van der Waals surface area contributed by atoms with Crippen LogP contribution in [-0.2, 0) is 27.6 Å². The van der Waals surface area contributed by atoms with Crippen LogP contribution in [0.25, 0.3) is 11.0 Å². The fraction of sp³-hybridized carbons (Fsp3) is 0.375. The molecule has 0 N–H and O–H groups in total. The van der Waals surface area contributed by atoms with E-state index in [9.17, 15) is 13.2 Å². The summed E-state index contributed by atoms with van der Waals surface area (Å²) in [7, 11) is -3.09. The van der Waals surface area contributed by atoms with E-state index in [0.717, 1.165) is 38.8 Å². The molecular formula is C24H27NO4S. The predicted molar refractivity (Wildman–Crippen MR) is 118 cm³/mol. The van der Waals surface area contributed by atoms with Crippen LogP contribution in [0.2, 0.25) is 0 Å². The number of amides is 1. The van der Waals surface area contributed by atoms with Crippen molar-refractivity contribution in [2.75, 3.05) is 11.5 Å². The van der Waals surface area contributed by atoms with Crippen molar-refractivity contribution < 1.29 is 17.6 Å². The van der Waals surface area contributed by atoms with Crippen LogP contribution < -0.4 is 0 Å². The van der Waals surface area contributed by atoms with Gasteiger partial charge in [0.25, 0.3) is 0 Å². The number of rotatable bonds is 5. The highest BCUT2D eigenvalue weighted by atomic mass is 32.2. The minimum Gasteiger partial charge on any atom is -0.464 e. The molecule has 0 saturated carbocycles. The fourth-order valence-corrected chi connectivity index (χ4v) is 5.85. The lowest BCUT2D eigenvalue weighted by atomic mass is 10.0. The molecule has 4 rings (SSSR count). The van der Waals surface area contributed by atoms with Crippen molar-refractivity contribution in [3.05, 3.63) is 70.5 Å². The monoisotopic (exact) mass is 425 g/mol. The van der Waals surface area contributed by atoms with Gasteiger partial charge in [0.05, 0.1) is 24.2 Å². The maximum absolute atomic E-state index is 13.4. The SMILES string of the molecule is Cc1ccc(CN(C(=O)Cc2coc3c(C)c(C)ccc23)C2CCS(=O)(=O)C2)cc1. The van der Waals surface area contributed by atoms with Gasteiger partial charge in [0.15, 0.2) is 9.84 Å². The summed E-state index contributed by atoms with van der Waals surface area (Å²) < 4.78 is 29.9. The molecule has 1 unspecified atom stereocenters. The lowest BCUT2D eigenvalue weighted by Gasteiger charge is -2.28. The number of aryl methyl sites for hydroxylation is 3. The molecule has 5 nitrogen and oxygen atoms in total. The smallest absolute Gasteiger partial charge is 0.227 e. The van der Waals surface area contributed by atoms with Crippen molar-refractivity contribution in [3.63, 3.8) is 0 Å². The van der Waals surface area contributed by atoms with E-state index >= 15 is 0 Å². The summed E-state index contributed by atoms with van der Waals surface area (Å²) in [6.45, 7) is 6.48. The molecule has 2 heterocycles. The van der Waals surface area contributed by atoms with Gasteiger partial charge in [0, 0.05) is 23.5 Å². The van der Waals surface area contributed by atoms with Crippen molar-refractivity contribution in [2.24, 2.45) is 0 Å². The second kappa shape index (κ2) is 7.91. The van der Waals surface area contributed by atoms with Crippen LogP contribution in [0.1, 0.15) is 34.2 Å².